The number of ether oxygens (including phenoxy) is 2. The van der Waals surface area contributed by atoms with Crippen LogP contribution in [0.5, 0.6) is 11.5 Å². The second-order valence-electron chi connectivity index (χ2n) is 6.64. The quantitative estimate of drug-likeness (QED) is 0.697. The monoisotopic (exact) mass is 415 g/mol. The second-order valence-corrected chi connectivity index (χ2v) is 7.05. The standard InChI is InChI=1S/C21H19ClFN3O3/c1-13-15(12-25-26(13)18-6-3-2-5-17(18)23)21(27)24-11-14-9-16(22)20-19(10-14)28-7-4-8-29-20/h2-3,5-6,9-10,12H,4,7-8,11H2,1H3,(H,24,27). The fourth-order valence-electron chi connectivity index (χ4n) is 3.16. The van der Waals surface area contributed by atoms with Crippen molar-refractivity contribution < 1.29 is 18.7 Å². The van der Waals surface area contributed by atoms with Gasteiger partial charge < -0.3 is 14.8 Å². The third-order valence-corrected chi connectivity index (χ3v) is 4.93. The fourth-order valence-corrected chi connectivity index (χ4v) is 3.45. The summed E-state index contributed by atoms with van der Waals surface area (Å²) in [5.74, 6) is 0.380. The van der Waals surface area contributed by atoms with Gasteiger partial charge in [0.2, 0.25) is 0 Å². The van der Waals surface area contributed by atoms with Gasteiger partial charge in [0.05, 0.1) is 35.7 Å². The Balaban J connectivity index is 1.51. The first-order chi connectivity index (χ1) is 14.0. The Hall–Kier alpha value is -3.06. The van der Waals surface area contributed by atoms with Crippen LogP contribution in [0.25, 0.3) is 5.69 Å². The van der Waals surface area contributed by atoms with Gasteiger partial charge in [-0.05, 0) is 36.8 Å². The highest BCUT2D eigenvalue weighted by atomic mass is 35.5. The number of amides is 1. The molecule has 0 radical (unpaired) electrons. The van der Waals surface area contributed by atoms with Crippen molar-refractivity contribution in [2.24, 2.45) is 0 Å². The fraction of sp³-hybridized carbons (Fsp3) is 0.238. The van der Waals surface area contributed by atoms with Crippen LogP contribution in [-0.4, -0.2) is 28.9 Å². The number of nitrogens with zero attached hydrogens (tertiary/aromatic N) is 2. The number of carbonyl (C=O) groups excluding carboxylic acids is 1. The van der Waals surface area contributed by atoms with E-state index in [9.17, 15) is 9.18 Å². The topological polar surface area (TPSA) is 65.4 Å². The number of halogens is 2. The Morgan fingerprint density at radius 3 is 2.90 bits per heavy atom. The number of hydrogen-bond donors (Lipinski definition) is 1. The van der Waals surface area contributed by atoms with Crippen LogP contribution in [0.3, 0.4) is 0 Å². The van der Waals surface area contributed by atoms with Gasteiger partial charge in [-0.2, -0.15) is 5.10 Å². The lowest BCUT2D eigenvalue weighted by Crippen LogP contribution is -2.23. The largest absolute Gasteiger partial charge is 0.489 e. The molecule has 2 aromatic carbocycles. The van der Waals surface area contributed by atoms with Crippen LogP contribution in [0.1, 0.15) is 28.0 Å². The molecule has 3 aromatic rings. The molecule has 150 valence electrons. The number of para-hydroxylation sites is 1. The summed E-state index contributed by atoms with van der Waals surface area (Å²) < 4.78 is 26.7. The molecule has 0 spiro atoms. The molecule has 1 aliphatic heterocycles. The average molecular weight is 416 g/mol. The number of fused-ring (bicyclic) bond motifs is 1. The van der Waals surface area contributed by atoms with Crippen molar-refractivity contribution in [3.63, 3.8) is 0 Å². The molecule has 0 fully saturated rings. The van der Waals surface area contributed by atoms with Crippen molar-refractivity contribution in [1.82, 2.24) is 15.1 Å². The lowest BCUT2D eigenvalue weighted by molar-refractivity contribution is 0.0950. The van der Waals surface area contributed by atoms with Gasteiger partial charge in [0, 0.05) is 13.0 Å². The van der Waals surface area contributed by atoms with Crippen LogP contribution in [0, 0.1) is 12.7 Å². The molecule has 0 saturated carbocycles. The highest BCUT2D eigenvalue weighted by molar-refractivity contribution is 6.32. The summed E-state index contributed by atoms with van der Waals surface area (Å²) in [6, 6.07) is 9.83. The van der Waals surface area contributed by atoms with E-state index >= 15 is 0 Å². The van der Waals surface area contributed by atoms with Crippen LogP contribution in [-0.2, 0) is 6.54 Å². The van der Waals surface area contributed by atoms with E-state index in [0.29, 0.717) is 46.7 Å². The van der Waals surface area contributed by atoms with Crippen LogP contribution in [0.15, 0.2) is 42.6 Å². The minimum Gasteiger partial charge on any atom is -0.489 e. The predicted octanol–water partition coefficient (Wildman–Crippen LogP) is 4.06. The summed E-state index contributed by atoms with van der Waals surface area (Å²) in [6.07, 6.45) is 2.21. The maximum absolute atomic E-state index is 14.0. The molecule has 1 aromatic heterocycles. The number of rotatable bonds is 4. The number of hydrogen-bond acceptors (Lipinski definition) is 4. The van der Waals surface area contributed by atoms with Gasteiger partial charge in [0.1, 0.15) is 11.5 Å². The van der Waals surface area contributed by atoms with Crippen LogP contribution in [0.2, 0.25) is 5.02 Å². The molecule has 0 atom stereocenters. The zero-order valence-corrected chi connectivity index (χ0v) is 16.5. The Kier molecular flexibility index (Phi) is 5.40. The van der Waals surface area contributed by atoms with Crippen LogP contribution < -0.4 is 14.8 Å². The van der Waals surface area contributed by atoms with Gasteiger partial charge in [0.25, 0.3) is 5.91 Å². The van der Waals surface area contributed by atoms with E-state index in [1.807, 2.05) is 6.07 Å². The minimum atomic E-state index is -0.410. The van der Waals surface area contributed by atoms with Crippen molar-refractivity contribution in [2.45, 2.75) is 19.9 Å². The van der Waals surface area contributed by atoms with Crippen LogP contribution in [0.4, 0.5) is 4.39 Å². The molecule has 4 rings (SSSR count). The number of aromatic nitrogens is 2. The Morgan fingerprint density at radius 1 is 1.28 bits per heavy atom. The zero-order valence-electron chi connectivity index (χ0n) is 15.7. The maximum Gasteiger partial charge on any atom is 0.255 e. The first kappa shape index (κ1) is 19.3. The zero-order chi connectivity index (χ0) is 20.4. The molecular formula is C21H19ClFN3O3. The molecule has 0 saturated heterocycles. The molecule has 0 bridgehead atoms. The van der Waals surface area contributed by atoms with Crippen molar-refractivity contribution in [2.75, 3.05) is 13.2 Å². The number of carbonyl (C=O) groups is 1. The van der Waals surface area contributed by atoms with E-state index < -0.39 is 5.82 Å². The number of nitrogens with one attached hydrogen (secondary N) is 1. The molecule has 0 unspecified atom stereocenters. The Labute approximate surface area is 172 Å². The summed E-state index contributed by atoms with van der Waals surface area (Å²) in [5, 5.41) is 7.45. The van der Waals surface area contributed by atoms with Gasteiger partial charge in [-0.3, -0.25) is 4.79 Å². The molecule has 6 nitrogen and oxygen atoms in total. The third-order valence-electron chi connectivity index (χ3n) is 4.65. The van der Waals surface area contributed by atoms with Gasteiger partial charge in [-0.1, -0.05) is 23.7 Å². The van der Waals surface area contributed by atoms with Gasteiger partial charge in [-0.15, -0.1) is 0 Å². The van der Waals surface area contributed by atoms with Crippen molar-refractivity contribution in [3.8, 4) is 17.2 Å². The highest BCUT2D eigenvalue weighted by Gasteiger charge is 2.18. The smallest absolute Gasteiger partial charge is 0.255 e. The summed E-state index contributed by atoms with van der Waals surface area (Å²) in [5.41, 5.74) is 1.99. The van der Waals surface area contributed by atoms with Crippen molar-refractivity contribution in [3.05, 3.63) is 70.3 Å². The lowest BCUT2D eigenvalue weighted by atomic mass is 10.2. The summed E-state index contributed by atoms with van der Waals surface area (Å²) in [4.78, 5) is 12.6. The molecule has 1 N–H and O–H groups in total. The van der Waals surface area contributed by atoms with Gasteiger partial charge >= 0.3 is 0 Å². The second kappa shape index (κ2) is 8.13. The molecule has 8 heteroatoms. The molecule has 29 heavy (non-hydrogen) atoms. The van der Waals surface area contributed by atoms with E-state index in [-0.39, 0.29) is 12.5 Å². The highest BCUT2D eigenvalue weighted by Crippen LogP contribution is 2.38. The molecule has 1 aliphatic rings. The van der Waals surface area contributed by atoms with E-state index in [1.54, 1.807) is 31.2 Å². The summed E-state index contributed by atoms with van der Waals surface area (Å²) >= 11 is 6.30. The maximum atomic E-state index is 14.0. The van der Waals surface area contributed by atoms with Gasteiger partial charge in [-0.25, -0.2) is 9.07 Å². The van der Waals surface area contributed by atoms with Crippen LogP contribution >= 0.6 is 11.6 Å². The summed E-state index contributed by atoms with van der Waals surface area (Å²) in [6.45, 7) is 3.07. The SMILES string of the molecule is Cc1c(C(=O)NCc2cc(Cl)c3c(c2)OCCCO3)cnn1-c1ccccc1F. The Bertz CT molecular complexity index is 1070. The van der Waals surface area contributed by atoms with E-state index in [4.69, 9.17) is 21.1 Å². The van der Waals surface area contributed by atoms with E-state index in [2.05, 4.69) is 10.4 Å². The molecule has 0 aliphatic carbocycles. The normalized spacial score (nSPS) is 13.1. The molecule has 2 heterocycles. The summed E-state index contributed by atoms with van der Waals surface area (Å²) in [7, 11) is 0. The number of benzene rings is 2. The van der Waals surface area contributed by atoms with Crippen molar-refractivity contribution >= 4 is 17.5 Å². The third kappa shape index (κ3) is 3.91. The first-order valence-corrected chi connectivity index (χ1v) is 9.58. The predicted molar refractivity (Wildman–Crippen MR) is 106 cm³/mol. The molecule has 1 amide bonds. The van der Waals surface area contributed by atoms with E-state index in [0.717, 1.165) is 12.0 Å². The minimum absolute atomic E-state index is 0.250. The average Bonchev–Trinajstić information content (AvgIpc) is 2.93. The van der Waals surface area contributed by atoms with Gasteiger partial charge in [0.15, 0.2) is 11.5 Å². The Morgan fingerprint density at radius 2 is 2.07 bits per heavy atom. The van der Waals surface area contributed by atoms with E-state index in [1.165, 1.54) is 16.9 Å². The first-order valence-electron chi connectivity index (χ1n) is 9.20. The molecular weight excluding hydrogens is 397 g/mol. The van der Waals surface area contributed by atoms with Crippen molar-refractivity contribution in [1.29, 1.82) is 0 Å². The lowest BCUT2D eigenvalue weighted by Gasteiger charge is -2.12.